The van der Waals surface area contributed by atoms with Crippen molar-refractivity contribution in [3.8, 4) is 0 Å². The van der Waals surface area contributed by atoms with Crippen LogP contribution in [0.3, 0.4) is 0 Å². The molecule has 1 saturated carbocycles. The maximum atomic E-state index is 6.31. The van der Waals surface area contributed by atoms with E-state index in [-0.39, 0.29) is 0 Å². The van der Waals surface area contributed by atoms with Gasteiger partial charge >= 0.3 is 0 Å². The first kappa shape index (κ1) is 11.9. The van der Waals surface area contributed by atoms with E-state index < -0.39 is 0 Å². The molecule has 1 aliphatic rings. The minimum atomic E-state index is 0.498. The summed E-state index contributed by atoms with van der Waals surface area (Å²) in [5.74, 6) is 0. The molecule has 0 bridgehead atoms. The molecule has 0 spiro atoms. The molecule has 1 aromatic heterocycles. The highest BCUT2D eigenvalue weighted by Gasteiger charge is 2.23. The summed E-state index contributed by atoms with van der Waals surface area (Å²) in [4.78, 5) is 0. The van der Waals surface area contributed by atoms with Gasteiger partial charge in [-0.3, -0.25) is 4.68 Å². The molecule has 0 atom stereocenters. The van der Waals surface area contributed by atoms with Crippen molar-refractivity contribution < 1.29 is 0 Å². The molecule has 1 N–H and O–H groups in total. The molecule has 1 heterocycles. The Morgan fingerprint density at radius 1 is 1.44 bits per heavy atom. The zero-order chi connectivity index (χ0) is 11.5. The summed E-state index contributed by atoms with van der Waals surface area (Å²) in [6.45, 7) is 2.12. The van der Waals surface area contributed by atoms with Gasteiger partial charge in [0, 0.05) is 11.6 Å². The zero-order valence-electron chi connectivity index (χ0n) is 10.0. The predicted molar refractivity (Wildman–Crippen MR) is 67.0 cm³/mol. The third-order valence-corrected chi connectivity index (χ3v) is 4.05. The highest BCUT2D eigenvalue weighted by atomic mass is 35.5. The Morgan fingerprint density at radius 3 is 2.62 bits per heavy atom. The number of halogens is 1. The number of nitrogens with zero attached hydrogens (tertiary/aromatic N) is 2. The van der Waals surface area contributed by atoms with E-state index in [1.807, 2.05) is 17.9 Å². The van der Waals surface area contributed by atoms with Crippen molar-refractivity contribution in [3.63, 3.8) is 0 Å². The molecule has 0 saturated heterocycles. The van der Waals surface area contributed by atoms with Crippen molar-refractivity contribution in [2.24, 2.45) is 0 Å². The second kappa shape index (κ2) is 5.19. The molecule has 0 aromatic carbocycles. The lowest BCUT2D eigenvalue weighted by Gasteiger charge is -2.28. The zero-order valence-corrected chi connectivity index (χ0v) is 10.8. The normalized spacial score (nSPS) is 25.9. The molecule has 1 aliphatic carbocycles. The van der Waals surface area contributed by atoms with Crippen LogP contribution in [0.2, 0.25) is 5.15 Å². The van der Waals surface area contributed by atoms with Gasteiger partial charge in [-0.05, 0) is 39.2 Å². The van der Waals surface area contributed by atoms with Crippen molar-refractivity contribution in [3.05, 3.63) is 16.9 Å². The lowest BCUT2D eigenvalue weighted by molar-refractivity contribution is 0.285. The Labute approximate surface area is 102 Å². The van der Waals surface area contributed by atoms with Gasteiger partial charge in [0.15, 0.2) is 0 Å². The Morgan fingerprint density at radius 2 is 2.12 bits per heavy atom. The lowest BCUT2D eigenvalue weighted by atomic mass is 9.91. The fraction of sp³-hybridized carbons (Fsp3) is 0.750. The number of hydrogen-bond donors (Lipinski definition) is 1. The molecule has 1 aromatic rings. The number of hydrogen-bond acceptors (Lipinski definition) is 2. The van der Waals surface area contributed by atoms with Gasteiger partial charge in [-0.1, -0.05) is 18.5 Å². The van der Waals surface area contributed by atoms with Crippen molar-refractivity contribution in [1.29, 1.82) is 0 Å². The highest BCUT2D eigenvalue weighted by Crippen LogP contribution is 2.31. The molecule has 16 heavy (non-hydrogen) atoms. The van der Waals surface area contributed by atoms with Gasteiger partial charge in [-0.2, -0.15) is 5.10 Å². The Bertz CT molecular complexity index is 340. The van der Waals surface area contributed by atoms with Crippen molar-refractivity contribution in [1.82, 2.24) is 15.1 Å². The molecule has 3 nitrogen and oxygen atoms in total. The van der Waals surface area contributed by atoms with Crippen LogP contribution in [0.15, 0.2) is 6.20 Å². The molecular weight excluding hydrogens is 222 g/mol. The summed E-state index contributed by atoms with van der Waals surface area (Å²) in [7, 11) is 2.04. The third-order valence-electron chi connectivity index (χ3n) is 3.64. The monoisotopic (exact) mass is 241 g/mol. The molecule has 0 radical (unpaired) electrons. The molecule has 0 amide bonds. The van der Waals surface area contributed by atoms with Gasteiger partial charge < -0.3 is 5.32 Å². The maximum Gasteiger partial charge on any atom is 0.130 e. The second-order valence-electron chi connectivity index (χ2n) is 4.55. The van der Waals surface area contributed by atoms with Crippen LogP contribution in [0.4, 0.5) is 0 Å². The van der Waals surface area contributed by atoms with Crippen LogP contribution in [0, 0.1) is 0 Å². The van der Waals surface area contributed by atoms with Gasteiger partial charge in [-0.15, -0.1) is 0 Å². The Balaban J connectivity index is 2.05. The van der Waals surface area contributed by atoms with Gasteiger partial charge in [0.1, 0.15) is 5.15 Å². The molecule has 1 fully saturated rings. The summed E-state index contributed by atoms with van der Waals surface area (Å²) in [6, 6.07) is 1.17. The average molecular weight is 242 g/mol. The van der Waals surface area contributed by atoms with E-state index in [2.05, 4.69) is 17.3 Å². The van der Waals surface area contributed by atoms with E-state index in [0.717, 1.165) is 17.1 Å². The van der Waals surface area contributed by atoms with E-state index in [4.69, 9.17) is 11.6 Å². The SMILES string of the molecule is CCc1cnn(C2CCC(NC)CC2)c1Cl. The third kappa shape index (κ3) is 2.25. The van der Waals surface area contributed by atoms with E-state index in [1.165, 1.54) is 25.7 Å². The first-order valence-electron chi connectivity index (χ1n) is 6.15. The molecule has 90 valence electrons. The first-order chi connectivity index (χ1) is 7.76. The van der Waals surface area contributed by atoms with Gasteiger partial charge in [-0.25, -0.2) is 0 Å². The van der Waals surface area contributed by atoms with Crippen LogP contribution in [0.1, 0.15) is 44.2 Å². The number of nitrogens with one attached hydrogen (secondary N) is 1. The average Bonchev–Trinajstić information content (AvgIpc) is 2.70. The summed E-state index contributed by atoms with van der Waals surface area (Å²) < 4.78 is 2.02. The fourth-order valence-corrected chi connectivity index (χ4v) is 2.85. The van der Waals surface area contributed by atoms with Crippen molar-refractivity contribution >= 4 is 11.6 Å². The Hall–Kier alpha value is -0.540. The number of aryl methyl sites for hydroxylation is 1. The molecule has 0 unspecified atom stereocenters. The van der Waals surface area contributed by atoms with Gasteiger partial charge in [0.2, 0.25) is 0 Å². The van der Waals surface area contributed by atoms with Crippen LogP contribution in [-0.4, -0.2) is 22.9 Å². The topological polar surface area (TPSA) is 29.9 Å². The maximum absolute atomic E-state index is 6.31. The standard InChI is InChI=1S/C12H20ClN3/c1-3-9-8-15-16(12(9)13)11-6-4-10(14-2)5-7-11/h8,10-11,14H,3-7H2,1-2H3. The fourth-order valence-electron chi connectivity index (χ4n) is 2.48. The highest BCUT2D eigenvalue weighted by molar-refractivity contribution is 6.30. The van der Waals surface area contributed by atoms with E-state index >= 15 is 0 Å². The minimum absolute atomic E-state index is 0.498. The predicted octanol–water partition coefficient (Wildman–Crippen LogP) is 2.80. The van der Waals surface area contributed by atoms with E-state index in [0.29, 0.717) is 12.1 Å². The minimum Gasteiger partial charge on any atom is -0.317 e. The van der Waals surface area contributed by atoms with Gasteiger partial charge in [0.05, 0.1) is 12.2 Å². The van der Waals surface area contributed by atoms with Crippen LogP contribution >= 0.6 is 11.6 Å². The summed E-state index contributed by atoms with van der Waals surface area (Å²) in [5, 5.41) is 8.61. The lowest BCUT2D eigenvalue weighted by Crippen LogP contribution is -2.31. The number of aromatic nitrogens is 2. The van der Waals surface area contributed by atoms with Crippen LogP contribution in [0.25, 0.3) is 0 Å². The number of rotatable bonds is 3. The second-order valence-corrected chi connectivity index (χ2v) is 4.91. The van der Waals surface area contributed by atoms with Crippen molar-refractivity contribution in [2.75, 3.05) is 7.05 Å². The van der Waals surface area contributed by atoms with E-state index in [9.17, 15) is 0 Å². The summed E-state index contributed by atoms with van der Waals surface area (Å²) in [5.41, 5.74) is 1.16. The first-order valence-corrected chi connectivity index (χ1v) is 6.53. The smallest absolute Gasteiger partial charge is 0.130 e. The van der Waals surface area contributed by atoms with Gasteiger partial charge in [0.25, 0.3) is 0 Å². The molecule has 2 rings (SSSR count). The Kier molecular flexibility index (Phi) is 3.87. The molecule has 4 heteroatoms. The molecule has 0 aliphatic heterocycles. The van der Waals surface area contributed by atoms with Crippen LogP contribution in [0.5, 0.6) is 0 Å². The quantitative estimate of drug-likeness (QED) is 0.882. The van der Waals surface area contributed by atoms with Crippen molar-refractivity contribution in [2.45, 2.75) is 51.1 Å². The summed E-state index contributed by atoms with van der Waals surface area (Å²) >= 11 is 6.31. The molecular formula is C12H20ClN3. The van der Waals surface area contributed by atoms with Crippen LogP contribution in [-0.2, 0) is 6.42 Å². The van der Waals surface area contributed by atoms with E-state index in [1.54, 1.807) is 0 Å². The largest absolute Gasteiger partial charge is 0.317 e. The summed E-state index contributed by atoms with van der Waals surface area (Å²) in [6.07, 6.45) is 7.67. The van der Waals surface area contributed by atoms with Crippen LogP contribution < -0.4 is 5.32 Å².